The fourth-order valence-electron chi connectivity index (χ4n) is 2.63. The molecule has 0 radical (unpaired) electrons. The Morgan fingerprint density at radius 2 is 1.79 bits per heavy atom. The lowest BCUT2D eigenvalue weighted by Gasteiger charge is -2.35. The molecule has 1 aliphatic rings. The van der Waals surface area contributed by atoms with Crippen LogP contribution in [0.3, 0.4) is 0 Å². The monoisotopic (exact) mass is 272 g/mol. The van der Waals surface area contributed by atoms with Crippen LogP contribution in [0.5, 0.6) is 0 Å². The molecule has 19 heavy (non-hydrogen) atoms. The summed E-state index contributed by atoms with van der Waals surface area (Å²) >= 11 is 0. The van der Waals surface area contributed by atoms with Crippen molar-refractivity contribution < 1.29 is 24.2 Å². The molecule has 1 rings (SSSR count). The van der Waals surface area contributed by atoms with E-state index in [4.69, 9.17) is 4.74 Å². The Morgan fingerprint density at radius 1 is 1.16 bits per heavy atom. The number of ether oxygens (including phenoxy) is 2. The molecule has 0 aliphatic heterocycles. The van der Waals surface area contributed by atoms with E-state index >= 15 is 0 Å². The molecule has 0 heterocycles. The van der Waals surface area contributed by atoms with Gasteiger partial charge in [-0.1, -0.05) is 6.42 Å². The van der Waals surface area contributed by atoms with E-state index in [-0.39, 0.29) is 17.9 Å². The highest BCUT2D eigenvalue weighted by Gasteiger charge is 2.35. The predicted molar refractivity (Wildman–Crippen MR) is 69.4 cm³/mol. The van der Waals surface area contributed by atoms with E-state index in [1.165, 1.54) is 14.2 Å². The van der Waals surface area contributed by atoms with Crippen molar-refractivity contribution >= 4 is 11.9 Å². The maximum Gasteiger partial charge on any atom is 0.308 e. The van der Waals surface area contributed by atoms with Crippen molar-refractivity contribution in [1.82, 2.24) is 0 Å². The minimum atomic E-state index is -0.680. The van der Waals surface area contributed by atoms with Gasteiger partial charge in [0.2, 0.25) is 0 Å². The first-order valence-corrected chi connectivity index (χ1v) is 6.88. The van der Waals surface area contributed by atoms with Crippen LogP contribution in [0.25, 0.3) is 0 Å². The molecule has 0 spiro atoms. The van der Waals surface area contributed by atoms with Crippen molar-refractivity contribution in [3.05, 3.63) is 0 Å². The third-order valence-electron chi connectivity index (χ3n) is 3.95. The molecule has 1 N–H and O–H groups in total. The molecule has 0 saturated heterocycles. The maximum atomic E-state index is 11.4. The Balaban J connectivity index is 2.24. The van der Waals surface area contributed by atoms with Crippen LogP contribution in [-0.4, -0.2) is 36.9 Å². The van der Waals surface area contributed by atoms with Gasteiger partial charge in [0.25, 0.3) is 0 Å². The molecule has 0 aromatic heterocycles. The fraction of sp³-hybridized carbons (Fsp3) is 0.857. The van der Waals surface area contributed by atoms with Gasteiger partial charge >= 0.3 is 11.9 Å². The minimum absolute atomic E-state index is 0.0691. The Bertz CT molecular complexity index is 305. The van der Waals surface area contributed by atoms with Crippen LogP contribution in [-0.2, 0) is 19.1 Å². The van der Waals surface area contributed by atoms with Crippen LogP contribution in [0.15, 0.2) is 0 Å². The number of rotatable bonds is 6. The first-order valence-electron chi connectivity index (χ1n) is 6.88. The number of hydrogen-bond donors (Lipinski definition) is 1. The Hall–Kier alpha value is -1.10. The summed E-state index contributed by atoms with van der Waals surface area (Å²) in [6, 6.07) is 0. The van der Waals surface area contributed by atoms with E-state index in [1.807, 2.05) is 0 Å². The second-order valence-corrected chi connectivity index (χ2v) is 5.31. The van der Waals surface area contributed by atoms with E-state index in [0.717, 1.165) is 12.8 Å². The third kappa shape index (κ3) is 5.19. The van der Waals surface area contributed by atoms with Gasteiger partial charge in [0, 0.05) is 6.42 Å². The molecule has 0 amide bonds. The number of carbonyl (C=O) groups is 2. The van der Waals surface area contributed by atoms with Crippen LogP contribution in [0.1, 0.15) is 51.4 Å². The number of carbonyl (C=O) groups excluding carboxylic acids is 2. The lowest BCUT2D eigenvalue weighted by atomic mass is 9.76. The number of aliphatic hydroxyl groups is 1. The lowest BCUT2D eigenvalue weighted by Crippen LogP contribution is -2.36. The molecule has 0 aromatic rings. The minimum Gasteiger partial charge on any atom is -0.469 e. The molecular formula is C14H24O5. The molecule has 1 aliphatic carbocycles. The van der Waals surface area contributed by atoms with Crippen molar-refractivity contribution in [2.24, 2.45) is 5.92 Å². The van der Waals surface area contributed by atoms with E-state index < -0.39 is 5.60 Å². The molecule has 5 nitrogen and oxygen atoms in total. The van der Waals surface area contributed by atoms with Crippen molar-refractivity contribution in [1.29, 1.82) is 0 Å². The Morgan fingerprint density at radius 3 is 2.32 bits per heavy atom. The summed E-state index contributed by atoms with van der Waals surface area (Å²) in [5.41, 5.74) is -0.680. The zero-order valence-corrected chi connectivity index (χ0v) is 11.8. The standard InChI is InChI=1S/C14H24O5/c1-18-12(15)5-3-4-8-14(17)9-6-11(7-10-14)13(16)19-2/h11,17H,3-10H2,1-2H3. The quantitative estimate of drug-likeness (QED) is 0.589. The van der Waals surface area contributed by atoms with Crippen LogP contribution < -0.4 is 0 Å². The van der Waals surface area contributed by atoms with Crippen LogP contribution >= 0.6 is 0 Å². The van der Waals surface area contributed by atoms with Crippen LogP contribution in [0.4, 0.5) is 0 Å². The van der Waals surface area contributed by atoms with Crippen molar-refractivity contribution in [2.75, 3.05) is 14.2 Å². The van der Waals surface area contributed by atoms with Crippen LogP contribution in [0.2, 0.25) is 0 Å². The smallest absolute Gasteiger partial charge is 0.308 e. The molecule has 1 fully saturated rings. The summed E-state index contributed by atoms with van der Waals surface area (Å²) < 4.78 is 9.29. The van der Waals surface area contributed by atoms with Gasteiger partial charge in [0.15, 0.2) is 0 Å². The van der Waals surface area contributed by atoms with Gasteiger partial charge in [0.05, 0.1) is 25.7 Å². The second kappa shape index (κ2) is 7.48. The molecule has 5 heteroatoms. The largest absolute Gasteiger partial charge is 0.469 e. The zero-order chi connectivity index (χ0) is 14.3. The average molecular weight is 272 g/mol. The topological polar surface area (TPSA) is 72.8 Å². The highest BCUT2D eigenvalue weighted by atomic mass is 16.5. The van der Waals surface area contributed by atoms with Gasteiger partial charge < -0.3 is 14.6 Å². The predicted octanol–water partition coefficient (Wildman–Crippen LogP) is 1.81. The average Bonchev–Trinajstić information content (AvgIpc) is 2.43. The van der Waals surface area contributed by atoms with Gasteiger partial charge in [0.1, 0.15) is 0 Å². The third-order valence-corrected chi connectivity index (χ3v) is 3.95. The molecule has 0 unspecified atom stereocenters. The highest BCUT2D eigenvalue weighted by molar-refractivity contribution is 5.72. The Kier molecular flexibility index (Phi) is 6.28. The normalized spacial score (nSPS) is 26.8. The van der Waals surface area contributed by atoms with Crippen LogP contribution in [0, 0.1) is 5.92 Å². The number of unbranched alkanes of at least 4 members (excludes halogenated alkanes) is 1. The summed E-state index contributed by atoms with van der Waals surface area (Å²) in [5, 5.41) is 10.4. The molecule has 0 aromatic carbocycles. The van der Waals surface area contributed by atoms with E-state index in [2.05, 4.69) is 4.74 Å². The van der Waals surface area contributed by atoms with Crippen molar-refractivity contribution in [2.45, 2.75) is 57.0 Å². The SMILES string of the molecule is COC(=O)CCCCC1(O)CCC(C(=O)OC)CC1. The maximum absolute atomic E-state index is 11.4. The lowest BCUT2D eigenvalue weighted by molar-refractivity contribution is -0.148. The zero-order valence-electron chi connectivity index (χ0n) is 11.8. The first kappa shape index (κ1) is 16.0. The molecule has 1 saturated carbocycles. The fourth-order valence-corrected chi connectivity index (χ4v) is 2.63. The molecule has 0 bridgehead atoms. The van der Waals surface area contributed by atoms with E-state index in [9.17, 15) is 14.7 Å². The summed E-state index contributed by atoms with van der Waals surface area (Å²) in [5.74, 6) is -0.450. The van der Waals surface area contributed by atoms with Gasteiger partial charge in [-0.15, -0.1) is 0 Å². The number of esters is 2. The van der Waals surface area contributed by atoms with Gasteiger partial charge in [-0.3, -0.25) is 9.59 Å². The molecule has 110 valence electrons. The second-order valence-electron chi connectivity index (χ2n) is 5.31. The summed E-state index contributed by atoms with van der Waals surface area (Å²) in [7, 11) is 2.78. The summed E-state index contributed by atoms with van der Waals surface area (Å²) in [6.07, 6.45) is 5.23. The molecular weight excluding hydrogens is 248 g/mol. The summed E-state index contributed by atoms with van der Waals surface area (Å²) in [4.78, 5) is 22.3. The van der Waals surface area contributed by atoms with Crippen molar-refractivity contribution in [3.63, 3.8) is 0 Å². The number of methoxy groups -OCH3 is 2. The summed E-state index contributed by atoms with van der Waals surface area (Å²) in [6.45, 7) is 0. The number of hydrogen-bond acceptors (Lipinski definition) is 5. The highest BCUT2D eigenvalue weighted by Crippen LogP contribution is 2.36. The van der Waals surface area contributed by atoms with Crippen molar-refractivity contribution in [3.8, 4) is 0 Å². The van der Waals surface area contributed by atoms with E-state index in [0.29, 0.717) is 38.5 Å². The van der Waals surface area contributed by atoms with Gasteiger partial charge in [-0.25, -0.2) is 0 Å². The van der Waals surface area contributed by atoms with E-state index in [1.54, 1.807) is 0 Å². The van der Waals surface area contributed by atoms with Gasteiger partial charge in [-0.05, 0) is 38.5 Å². The Labute approximate surface area is 114 Å². The first-order chi connectivity index (χ1) is 9.00. The van der Waals surface area contributed by atoms with Gasteiger partial charge in [-0.2, -0.15) is 0 Å². The molecule has 0 atom stereocenters.